The van der Waals surface area contributed by atoms with E-state index in [-0.39, 0.29) is 17.9 Å². The van der Waals surface area contributed by atoms with Crippen LogP contribution in [0.5, 0.6) is 0 Å². The van der Waals surface area contributed by atoms with Crippen molar-refractivity contribution >= 4 is 17.1 Å². The summed E-state index contributed by atoms with van der Waals surface area (Å²) in [6.07, 6.45) is 3.21. The maximum absolute atomic E-state index is 14.4. The van der Waals surface area contributed by atoms with Gasteiger partial charge >= 0.3 is 0 Å². The zero-order valence-electron chi connectivity index (χ0n) is 14.1. The second-order valence-corrected chi connectivity index (χ2v) is 5.70. The van der Waals surface area contributed by atoms with Gasteiger partial charge in [-0.15, -0.1) is 0 Å². The van der Waals surface area contributed by atoms with E-state index in [1.54, 1.807) is 36.0 Å². The number of rotatable bonds is 6. The van der Waals surface area contributed by atoms with Gasteiger partial charge in [-0.2, -0.15) is 0 Å². The molecule has 0 spiro atoms. The molecular weight excluding hydrogens is 357 g/mol. The lowest BCUT2D eigenvalue weighted by molar-refractivity contribution is -0.393. The summed E-state index contributed by atoms with van der Waals surface area (Å²) in [5.41, 5.74) is 0.214. The van der Waals surface area contributed by atoms with E-state index in [1.807, 2.05) is 0 Å². The monoisotopic (exact) mass is 371 g/mol. The smallest absolute Gasteiger partial charge is 0.299 e. The van der Waals surface area contributed by atoms with Crippen LogP contribution in [0.4, 0.5) is 21.5 Å². The van der Waals surface area contributed by atoms with Crippen LogP contribution >= 0.6 is 0 Å². The van der Waals surface area contributed by atoms with E-state index in [9.17, 15) is 24.6 Å². The lowest BCUT2D eigenvalue weighted by Gasteiger charge is -2.10. The topological polar surface area (TPSA) is 116 Å². The molecule has 0 saturated carbocycles. The zero-order valence-corrected chi connectivity index (χ0v) is 14.1. The number of non-ortho nitro benzene ring substituents is 1. The van der Waals surface area contributed by atoms with Gasteiger partial charge < -0.3 is 9.88 Å². The molecule has 0 bridgehead atoms. The normalized spacial score (nSPS) is 10.6. The fourth-order valence-electron chi connectivity index (χ4n) is 2.62. The average Bonchev–Trinajstić information content (AvgIpc) is 3.05. The molecule has 138 valence electrons. The fraction of sp³-hybridized carbons (Fsp3) is 0.118. The van der Waals surface area contributed by atoms with Crippen molar-refractivity contribution in [2.24, 2.45) is 0 Å². The molecule has 0 amide bonds. The highest BCUT2D eigenvalue weighted by Crippen LogP contribution is 2.29. The van der Waals surface area contributed by atoms with Gasteiger partial charge in [-0.1, -0.05) is 6.07 Å². The van der Waals surface area contributed by atoms with Gasteiger partial charge in [-0.3, -0.25) is 20.2 Å². The largest absolute Gasteiger partial charge is 0.375 e. The van der Waals surface area contributed by atoms with E-state index < -0.39 is 21.4 Å². The number of hydrogen-bond acceptors (Lipinski definition) is 6. The van der Waals surface area contributed by atoms with E-state index in [0.29, 0.717) is 17.1 Å². The van der Waals surface area contributed by atoms with E-state index in [1.165, 1.54) is 18.2 Å². The number of hydrogen-bond donors (Lipinski definition) is 1. The number of aryl methyl sites for hydroxylation is 1. The van der Waals surface area contributed by atoms with Crippen molar-refractivity contribution in [1.82, 2.24) is 9.55 Å². The first-order valence-corrected chi connectivity index (χ1v) is 7.82. The second-order valence-electron chi connectivity index (χ2n) is 5.70. The first-order valence-electron chi connectivity index (χ1n) is 7.82. The molecule has 3 rings (SSSR count). The Labute approximate surface area is 152 Å². The lowest BCUT2D eigenvalue weighted by atomic mass is 10.1. The molecule has 1 N–H and O–H groups in total. The molecule has 9 nitrogen and oxygen atoms in total. The van der Waals surface area contributed by atoms with Gasteiger partial charge in [0.2, 0.25) is 0 Å². The molecule has 10 heteroatoms. The molecule has 0 aliphatic heterocycles. The van der Waals surface area contributed by atoms with Crippen LogP contribution in [-0.2, 0) is 6.54 Å². The van der Waals surface area contributed by atoms with Gasteiger partial charge in [0.1, 0.15) is 17.3 Å². The van der Waals surface area contributed by atoms with E-state index in [2.05, 4.69) is 10.3 Å². The molecule has 0 aliphatic rings. The van der Waals surface area contributed by atoms with Crippen LogP contribution in [0.15, 0.2) is 48.8 Å². The number of halogens is 1. The molecular formula is C17H14FN5O4. The van der Waals surface area contributed by atoms with E-state index in [0.717, 1.165) is 6.07 Å². The van der Waals surface area contributed by atoms with Gasteiger partial charge in [0, 0.05) is 25.0 Å². The Morgan fingerprint density at radius 3 is 2.52 bits per heavy atom. The van der Waals surface area contributed by atoms with Gasteiger partial charge in [0.15, 0.2) is 0 Å². The number of nitrogens with one attached hydrogen (secondary N) is 1. The van der Waals surface area contributed by atoms with Gasteiger partial charge in [-0.25, -0.2) is 9.37 Å². The molecule has 3 aromatic rings. The Morgan fingerprint density at radius 1 is 1.15 bits per heavy atom. The summed E-state index contributed by atoms with van der Waals surface area (Å²) >= 11 is 0. The van der Waals surface area contributed by atoms with Crippen LogP contribution in [0.3, 0.4) is 0 Å². The second kappa shape index (κ2) is 7.20. The molecule has 1 aromatic heterocycles. The summed E-state index contributed by atoms with van der Waals surface area (Å²) in [6, 6.07) is 7.90. The highest BCUT2D eigenvalue weighted by atomic mass is 19.1. The maximum atomic E-state index is 14.4. The third kappa shape index (κ3) is 3.73. The summed E-state index contributed by atoms with van der Waals surface area (Å²) in [7, 11) is 0. The Hall–Kier alpha value is -3.82. The maximum Gasteiger partial charge on any atom is 0.299 e. The van der Waals surface area contributed by atoms with Crippen LogP contribution in [0.2, 0.25) is 0 Å². The van der Waals surface area contributed by atoms with Crippen molar-refractivity contribution in [3.8, 4) is 5.69 Å². The number of aromatic nitrogens is 2. The Bertz CT molecular complexity index is 1030. The third-order valence-corrected chi connectivity index (χ3v) is 3.97. The summed E-state index contributed by atoms with van der Waals surface area (Å²) in [4.78, 5) is 24.6. The van der Waals surface area contributed by atoms with Crippen LogP contribution in [0, 0.1) is 33.0 Å². The van der Waals surface area contributed by atoms with Crippen molar-refractivity contribution in [2.75, 3.05) is 5.32 Å². The minimum absolute atomic E-state index is 0.110. The van der Waals surface area contributed by atoms with Crippen LogP contribution in [-0.4, -0.2) is 19.4 Å². The number of nitro benzene ring substituents is 2. The zero-order chi connectivity index (χ0) is 19.6. The van der Waals surface area contributed by atoms with E-state index >= 15 is 0 Å². The first-order chi connectivity index (χ1) is 12.9. The Morgan fingerprint density at radius 2 is 1.93 bits per heavy atom. The molecule has 0 aliphatic carbocycles. The number of benzene rings is 2. The molecule has 0 atom stereocenters. The highest BCUT2D eigenvalue weighted by Gasteiger charge is 2.19. The summed E-state index contributed by atoms with van der Waals surface area (Å²) < 4.78 is 16.0. The quantitative estimate of drug-likeness (QED) is 0.521. The van der Waals surface area contributed by atoms with Crippen molar-refractivity contribution in [2.45, 2.75) is 13.5 Å². The Balaban J connectivity index is 1.81. The predicted octanol–water partition coefficient (Wildman–Crippen LogP) is 3.75. The predicted molar refractivity (Wildman–Crippen MR) is 95.3 cm³/mol. The van der Waals surface area contributed by atoms with Crippen molar-refractivity contribution in [3.63, 3.8) is 0 Å². The molecule has 0 unspecified atom stereocenters. The Kier molecular flexibility index (Phi) is 4.79. The highest BCUT2D eigenvalue weighted by molar-refractivity contribution is 5.65. The van der Waals surface area contributed by atoms with Gasteiger partial charge in [0.25, 0.3) is 11.4 Å². The van der Waals surface area contributed by atoms with Crippen LogP contribution in [0.25, 0.3) is 5.69 Å². The standard InChI is InChI=1S/C17H14FN5O4/c1-11-19-6-7-21(11)16-5-2-12(8-14(16)18)10-20-15-4-3-13(22(24)25)9-17(15)23(26)27/h2-9,20H,10H2,1H3. The van der Waals surface area contributed by atoms with Crippen molar-refractivity contribution < 1.29 is 14.2 Å². The first kappa shape index (κ1) is 18.0. The SMILES string of the molecule is Cc1nccn1-c1ccc(CNc2ccc([N+](=O)[O-])cc2[N+](=O)[O-])cc1F. The number of anilines is 1. The molecule has 2 aromatic carbocycles. The van der Waals surface area contributed by atoms with Crippen LogP contribution < -0.4 is 5.32 Å². The number of imidazole rings is 1. The summed E-state index contributed by atoms with van der Waals surface area (Å²) in [5.74, 6) is 0.176. The molecule has 0 fully saturated rings. The molecule has 27 heavy (non-hydrogen) atoms. The summed E-state index contributed by atoms with van der Waals surface area (Å²) in [5, 5.41) is 24.7. The van der Waals surface area contributed by atoms with Crippen LogP contribution in [0.1, 0.15) is 11.4 Å². The molecule has 0 saturated heterocycles. The van der Waals surface area contributed by atoms with Gasteiger partial charge in [0.05, 0.1) is 21.6 Å². The minimum atomic E-state index is -0.708. The lowest BCUT2D eigenvalue weighted by Crippen LogP contribution is -2.05. The molecule has 0 radical (unpaired) electrons. The van der Waals surface area contributed by atoms with Gasteiger partial charge in [-0.05, 0) is 30.7 Å². The average molecular weight is 371 g/mol. The molecule has 1 heterocycles. The van der Waals surface area contributed by atoms with E-state index in [4.69, 9.17) is 0 Å². The third-order valence-electron chi connectivity index (χ3n) is 3.97. The summed E-state index contributed by atoms with van der Waals surface area (Å²) in [6.45, 7) is 1.86. The van der Waals surface area contributed by atoms with Crippen molar-refractivity contribution in [3.05, 3.63) is 86.2 Å². The fourth-order valence-corrected chi connectivity index (χ4v) is 2.62. The number of nitro groups is 2. The van der Waals surface area contributed by atoms with Crippen molar-refractivity contribution in [1.29, 1.82) is 0 Å². The minimum Gasteiger partial charge on any atom is -0.375 e. The number of nitrogens with zero attached hydrogens (tertiary/aromatic N) is 4.